The summed E-state index contributed by atoms with van der Waals surface area (Å²) in [5.74, 6) is 0.516. The quantitative estimate of drug-likeness (QED) is 0.789. The molecule has 0 fully saturated rings. The van der Waals surface area contributed by atoms with Crippen molar-refractivity contribution in [1.82, 2.24) is 0 Å². The average Bonchev–Trinajstić information content (AvgIpc) is 2.83. The lowest BCUT2D eigenvalue weighted by Gasteiger charge is -2.26. The van der Waals surface area contributed by atoms with E-state index in [1.807, 2.05) is 0 Å². The Labute approximate surface area is 138 Å². The Morgan fingerprint density at radius 1 is 1.18 bits per heavy atom. The molecule has 3 rings (SSSR count). The van der Waals surface area contributed by atoms with E-state index in [4.69, 9.17) is 12.2 Å². The molecule has 2 nitrogen and oxygen atoms in total. The molecule has 2 aromatic rings. The molecule has 1 aliphatic rings. The van der Waals surface area contributed by atoms with Crippen LogP contribution in [0.2, 0.25) is 0 Å². The summed E-state index contributed by atoms with van der Waals surface area (Å²) >= 11 is 5.67. The first kappa shape index (κ1) is 15.0. The zero-order chi connectivity index (χ0) is 15.7. The smallest absolute Gasteiger partial charge is 0.178 e. The molecule has 22 heavy (non-hydrogen) atoms. The minimum atomic E-state index is 0.394. The number of nitrogens with zero attached hydrogens (tertiary/aromatic N) is 1. The summed E-state index contributed by atoms with van der Waals surface area (Å²) in [4.78, 5) is 2.23. The maximum absolute atomic E-state index is 5.67. The zero-order valence-electron chi connectivity index (χ0n) is 13.3. The number of nitrogens with one attached hydrogen (secondary N) is 1. The molecular weight excluding hydrogens is 288 g/mol. The second-order valence-corrected chi connectivity index (χ2v) is 6.65. The van der Waals surface area contributed by atoms with Crippen molar-refractivity contribution >= 4 is 28.7 Å². The summed E-state index contributed by atoms with van der Waals surface area (Å²) in [6.45, 7) is 6.63. The number of hydrogen-bond acceptors (Lipinski definition) is 1. The Kier molecular flexibility index (Phi) is 4.16. The van der Waals surface area contributed by atoms with Crippen LogP contribution in [-0.4, -0.2) is 11.2 Å². The number of fused-ring (bicyclic) bond motifs is 1. The van der Waals surface area contributed by atoms with E-state index in [0.717, 1.165) is 17.2 Å². The van der Waals surface area contributed by atoms with Crippen molar-refractivity contribution in [3.63, 3.8) is 0 Å². The van der Waals surface area contributed by atoms with E-state index in [0.29, 0.717) is 12.0 Å². The average molecular weight is 310 g/mol. The van der Waals surface area contributed by atoms with Crippen molar-refractivity contribution in [3.8, 4) is 0 Å². The Morgan fingerprint density at radius 2 is 1.95 bits per heavy atom. The van der Waals surface area contributed by atoms with Crippen LogP contribution < -0.4 is 10.2 Å². The van der Waals surface area contributed by atoms with Gasteiger partial charge in [0.05, 0.1) is 0 Å². The maximum atomic E-state index is 5.67. The van der Waals surface area contributed by atoms with Gasteiger partial charge in [0.15, 0.2) is 5.11 Å². The number of para-hydroxylation sites is 1. The lowest BCUT2D eigenvalue weighted by atomic mass is 10.0. The Bertz CT molecular complexity index is 693. The van der Waals surface area contributed by atoms with Gasteiger partial charge in [-0.05, 0) is 60.8 Å². The number of anilines is 2. The molecule has 0 saturated carbocycles. The zero-order valence-corrected chi connectivity index (χ0v) is 14.2. The van der Waals surface area contributed by atoms with Crippen LogP contribution in [0.3, 0.4) is 0 Å². The van der Waals surface area contributed by atoms with Gasteiger partial charge in [0.25, 0.3) is 0 Å². The Morgan fingerprint density at radius 3 is 2.73 bits per heavy atom. The molecule has 3 heteroatoms. The van der Waals surface area contributed by atoms with Crippen molar-refractivity contribution < 1.29 is 0 Å². The van der Waals surface area contributed by atoms with Crippen LogP contribution in [0, 0.1) is 0 Å². The van der Waals surface area contributed by atoms with E-state index in [-0.39, 0.29) is 0 Å². The highest BCUT2D eigenvalue weighted by Gasteiger charge is 2.28. The predicted molar refractivity (Wildman–Crippen MR) is 98.8 cm³/mol. The van der Waals surface area contributed by atoms with Gasteiger partial charge in [-0.15, -0.1) is 0 Å². The summed E-state index contributed by atoms with van der Waals surface area (Å²) in [5.41, 5.74) is 4.98. The number of rotatable bonds is 2. The van der Waals surface area contributed by atoms with E-state index >= 15 is 0 Å². The van der Waals surface area contributed by atoms with Gasteiger partial charge in [0.2, 0.25) is 0 Å². The van der Waals surface area contributed by atoms with Crippen molar-refractivity contribution in [2.45, 2.75) is 39.2 Å². The molecule has 0 saturated heterocycles. The monoisotopic (exact) mass is 310 g/mol. The van der Waals surface area contributed by atoms with Crippen LogP contribution in [-0.2, 0) is 6.42 Å². The van der Waals surface area contributed by atoms with Gasteiger partial charge in [0.1, 0.15) is 0 Å². The Balaban J connectivity index is 1.82. The van der Waals surface area contributed by atoms with Crippen molar-refractivity contribution in [3.05, 3.63) is 59.7 Å². The van der Waals surface area contributed by atoms with Crippen LogP contribution in [0.4, 0.5) is 11.4 Å². The topological polar surface area (TPSA) is 15.3 Å². The first-order valence-electron chi connectivity index (χ1n) is 7.84. The molecule has 1 heterocycles. The molecule has 0 unspecified atom stereocenters. The Hall–Kier alpha value is -1.87. The van der Waals surface area contributed by atoms with Crippen LogP contribution in [0.5, 0.6) is 0 Å². The third-order valence-corrected chi connectivity index (χ3v) is 4.53. The molecular formula is C19H22N2S. The number of thiocarbonyl (C=S) groups is 1. The van der Waals surface area contributed by atoms with E-state index in [2.05, 4.69) is 79.5 Å². The fraction of sp³-hybridized carbons (Fsp3) is 0.316. The highest BCUT2D eigenvalue weighted by molar-refractivity contribution is 7.80. The van der Waals surface area contributed by atoms with E-state index < -0.39 is 0 Å². The van der Waals surface area contributed by atoms with Crippen molar-refractivity contribution in [2.24, 2.45) is 0 Å². The van der Waals surface area contributed by atoms with Crippen LogP contribution in [0.1, 0.15) is 37.8 Å². The first-order chi connectivity index (χ1) is 10.6. The van der Waals surface area contributed by atoms with Gasteiger partial charge in [-0.25, -0.2) is 0 Å². The molecule has 0 bridgehead atoms. The lowest BCUT2D eigenvalue weighted by Crippen LogP contribution is -2.38. The van der Waals surface area contributed by atoms with Crippen LogP contribution in [0.15, 0.2) is 48.5 Å². The highest BCUT2D eigenvalue weighted by Crippen LogP contribution is 2.32. The number of benzene rings is 2. The fourth-order valence-corrected chi connectivity index (χ4v) is 3.43. The summed E-state index contributed by atoms with van der Waals surface area (Å²) in [6, 6.07) is 17.4. The van der Waals surface area contributed by atoms with E-state index in [9.17, 15) is 0 Å². The first-order valence-corrected chi connectivity index (χ1v) is 8.25. The third-order valence-electron chi connectivity index (χ3n) is 4.23. The summed E-state index contributed by atoms with van der Waals surface area (Å²) in [5, 5.41) is 4.18. The van der Waals surface area contributed by atoms with Crippen molar-refractivity contribution in [1.29, 1.82) is 0 Å². The van der Waals surface area contributed by atoms with Gasteiger partial charge >= 0.3 is 0 Å². The molecule has 0 aliphatic carbocycles. The normalized spacial score (nSPS) is 16.7. The second kappa shape index (κ2) is 6.09. The minimum Gasteiger partial charge on any atom is -0.332 e. The SMILES string of the molecule is CC(C)c1cccc(NC(=S)N2c3ccccc3C[C@H]2C)c1. The molecule has 114 valence electrons. The second-order valence-electron chi connectivity index (χ2n) is 6.26. The molecule has 0 radical (unpaired) electrons. The fourth-order valence-electron chi connectivity index (χ4n) is 3.03. The standard InChI is InChI=1S/C19H22N2S/c1-13(2)15-8-6-9-17(12-15)20-19(22)21-14(3)11-16-7-4-5-10-18(16)21/h4-10,12-14H,11H2,1-3H3,(H,20,22)/t14-/m1/s1. The maximum Gasteiger partial charge on any atom is 0.178 e. The molecule has 0 spiro atoms. The van der Waals surface area contributed by atoms with Gasteiger partial charge in [-0.1, -0.05) is 44.2 Å². The van der Waals surface area contributed by atoms with E-state index in [1.165, 1.54) is 16.8 Å². The largest absolute Gasteiger partial charge is 0.332 e. The summed E-state index contributed by atoms with van der Waals surface area (Å²) in [7, 11) is 0. The molecule has 0 amide bonds. The number of hydrogen-bond donors (Lipinski definition) is 1. The minimum absolute atomic E-state index is 0.394. The molecule has 0 aromatic heterocycles. The summed E-state index contributed by atoms with van der Waals surface area (Å²) in [6.07, 6.45) is 1.05. The predicted octanol–water partition coefficient (Wildman–Crippen LogP) is 4.96. The van der Waals surface area contributed by atoms with E-state index in [1.54, 1.807) is 0 Å². The van der Waals surface area contributed by atoms with Crippen LogP contribution >= 0.6 is 12.2 Å². The molecule has 1 aliphatic heterocycles. The third kappa shape index (κ3) is 2.86. The summed E-state index contributed by atoms with van der Waals surface area (Å²) < 4.78 is 0. The van der Waals surface area contributed by atoms with Gasteiger partial charge < -0.3 is 10.2 Å². The molecule has 1 atom stereocenters. The van der Waals surface area contributed by atoms with Gasteiger partial charge in [-0.3, -0.25) is 0 Å². The van der Waals surface area contributed by atoms with Crippen LogP contribution in [0.25, 0.3) is 0 Å². The molecule has 2 aromatic carbocycles. The highest BCUT2D eigenvalue weighted by atomic mass is 32.1. The van der Waals surface area contributed by atoms with Gasteiger partial charge in [0, 0.05) is 17.4 Å². The lowest BCUT2D eigenvalue weighted by molar-refractivity contribution is 0.776. The van der Waals surface area contributed by atoms with Gasteiger partial charge in [-0.2, -0.15) is 0 Å². The van der Waals surface area contributed by atoms with Crippen molar-refractivity contribution in [2.75, 3.05) is 10.2 Å². The molecule has 1 N–H and O–H groups in total.